The highest BCUT2D eigenvalue weighted by Gasteiger charge is 2.10. The number of hydrogen-bond acceptors (Lipinski definition) is 3. The van der Waals surface area contributed by atoms with E-state index >= 15 is 0 Å². The fourth-order valence-electron chi connectivity index (χ4n) is 1.34. The molecule has 0 unspecified atom stereocenters. The zero-order chi connectivity index (χ0) is 11.7. The Morgan fingerprint density at radius 2 is 1.94 bits per heavy atom. The molecule has 0 amide bonds. The van der Waals surface area contributed by atoms with Crippen LogP contribution in [0.2, 0.25) is 0 Å². The minimum Gasteiger partial charge on any atom is -0.464 e. The maximum absolute atomic E-state index is 12.9. The molecule has 0 radical (unpaired) electrons. The number of carbonyl (C=O) groups is 1. The van der Waals surface area contributed by atoms with Crippen LogP contribution in [-0.4, -0.2) is 18.1 Å². The standard InChI is InChI=1S/C11H7F2NO2/c1-16-11(15)9-3-2-6-4-7(12)8(13)5-10(6)14-9/h2-5H,1H3. The van der Waals surface area contributed by atoms with Crippen molar-refractivity contribution in [3.05, 3.63) is 41.6 Å². The Bertz CT molecular complexity index is 569. The van der Waals surface area contributed by atoms with Crippen LogP contribution in [0.15, 0.2) is 24.3 Å². The number of nitrogens with zero attached hydrogens (tertiary/aromatic N) is 1. The third kappa shape index (κ3) is 1.71. The molecule has 16 heavy (non-hydrogen) atoms. The molecule has 82 valence electrons. The van der Waals surface area contributed by atoms with Crippen molar-refractivity contribution in [3.8, 4) is 0 Å². The molecule has 0 aliphatic heterocycles. The fraction of sp³-hybridized carbons (Fsp3) is 0.0909. The number of ether oxygens (including phenoxy) is 1. The van der Waals surface area contributed by atoms with Crippen LogP contribution < -0.4 is 0 Å². The molecule has 5 heteroatoms. The van der Waals surface area contributed by atoms with Crippen LogP contribution in [0.1, 0.15) is 10.5 Å². The van der Waals surface area contributed by atoms with Gasteiger partial charge in [-0.25, -0.2) is 18.6 Å². The van der Waals surface area contributed by atoms with Crippen LogP contribution in [0.3, 0.4) is 0 Å². The van der Waals surface area contributed by atoms with Gasteiger partial charge in [-0.1, -0.05) is 6.07 Å². The van der Waals surface area contributed by atoms with Gasteiger partial charge in [-0.15, -0.1) is 0 Å². The third-order valence-corrected chi connectivity index (χ3v) is 2.13. The van der Waals surface area contributed by atoms with Crippen molar-refractivity contribution in [2.75, 3.05) is 7.11 Å². The van der Waals surface area contributed by atoms with Crippen LogP contribution in [0.4, 0.5) is 8.78 Å². The summed E-state index contributed by atoms with van der Waals surface area (Å²) in [5.41, 5.74) is 0.266. The lowest BCUT2D eigenvalue weighted by molar-refractivity contribution is 0.0594. The van der Waals surface area contributed by atoms with Crippen molar-refractivity contribution in [1.82, 2.24) is 4.98 Å². The van der Waals surface area contributed by atoms with E-state index in [1.54, 1.807) is 0 Å². The van der Waals surface area contributed by atoms with Gasteiger partial charge in [0.25, 0.3) is 0 Å². The first-order valence-corrected chi connectivity index (χ1v) is 4.46. The molecule has 0 bridgehead atoms. The van der Waals surface area contributed by atoms with Gasteiger partial charge in [-0.2, -0.15) is 0 Å². The summed E-state index contributed by atoms with van der Waals surface area (Å²) < 4.78 is 30.3. The summed E-state index contributed by atoms with van der Waals surface area (Å²) in [7, 11) is 1.22. The van der Waals surface area contributed by atoms with Gasteiger partial charge in [0.05, 0.1) is 12.6 Å². The lowest BCUT2D eigenvalue weighted by Crippen LogP contribution is -2.04. The Labute approximate surface area is 89.7 Å². The number of hydrogen-bond donors (Lipinski definition) is 0. The van der Waals surface area contributed by atoms with Crippen LogP contribution in [0.25, 0.3) is 10.9 Å². The van der Waals surface area contributed by atoms with E-state index in [0.717, 1.165) is 12.1 Å². The zero-order valence-corrected chi connectivity index (χ0v) is 8.33. The van der Waals surface area contributed by atoms with Crippen molar-refractivity contribution >= 4 is 16.9 Å². The molecule has 2 rings (SSSR count). The molecule has 0 saturated heterocycles. The van der Waals surface area contributed by atoms with Gasteiger partial charge in [-0.3, -0.25) is 0 Å². The molecule has 0 fully saturated rings. The van der Waals surface area contributed by atoms with Crippen LogP contribution in [0.5, 0.6) is 0 Å². The van der Waals surface area contributed by atoms with Crippen molar-refractivity contribution in [2.24, 2.45) is 0 Å². The number of aromatic nitrogens is 1. The molecule has 1 aromatic carbocycles. The Kier molecular flexibility index (Phi) is 2.52. The minimum absolute atomic E-state index is 0.0565. The molecule has 0 saturated carbocycles. The summed E-state index contributed by atoms with van der Waals surface area (Å²) in [5.74, 6) is -2.56. The van der Waals surface area contributed by atoms with Gasteiger partial charge >= 0.3 is 5.97 Å². The maximum atomic E-state index is 12.9. The Morgan fingerprint density at radius 3 is 2.62 bits per heavy atom. The lowest BCUT2D eigenvalue weighted by Gasteiger charge is -2.01. The first-order valence-electron chi connectivity index (χ1n) is 4.46. The molecule has 0 spiro atoms. The Hall–Kier alpha value is -2.04. The van der Waals surface area contributed by atoms with Crippen LogP contribution >= 0.6 is 0 Å². The maximum Gasteiger partial charge on any atom is 0.356 e. The van der Waals surface area contributed by atoms with Gasteiger partial charge in [-0.05, 0) is 12.1 Å². The van der Waals surface area contributed by atoms with E-state index < -0.39 is 17.6 Å². The molecule has 0 N–H and O–H groups in total. The van der Waals surface area contributed by atoms with Crippen molar-refractivity contribution < 1.29 is 18.3 Å². The molecule has 2 aromatic rings. The van der Waals surface area contributed by atoms with E-state index in [1.165, 1.54) is 19.2 Å². The fourth-order valence-corrected chi connectivity index (χ4v) is 1.34. The van der Waals surface area contributed by atoms with Crippen molar-refractivity contribution in [3.63, 3.8) is 0 Å². The molecule has 3 nitrogen and oxygen atoms in total. The van der Waals surface area contributed by atoms with Gasteiger partial charge in [0.1, 0.15) is 5.69 Å². The summed E-state index contributed by atoms with van der Waals surface area (Å²) in [4.78, 5) is 15.0. The highest BCUT2D eigenvalue weighted by molar-refractivity contribution is 5.90. The summed E-state index contributed by atoms with van der Waals surface area (Å²) in [6.45, 7) is 0. The highest BCUT2D eigenvalue weighted by Crippen LogP contribution is 2.17. The van der Waals surface area contributed by atoms with E-state index in [9.17, 15) is 13.6 Å². The molecule has 1 aromatic heterocycles. The monoisotopic (exact) mass is 223 g/mol. The highest BCUT2D eigenvalue weighted by atomic mass is 19.2. The second-order valence-corrected chi connectivity index (χ2v) is 3.15. The van der Waals surface area contributed by atoms with Gasteiger partial charge in [0.15, 0.2) is 11.6 Å². The average Bonchev–Trinajstić information content (AvgIpc) is 2.29. The molecule has 0 aliphatic rings. The Morgan fingerprint density at radius 1 is 1.25 bits per heavy atom. The number of rotatable bonds is 1. The van der Waals surface area contributed by atoms with Gasteiger partial charge in [0.2, 0.25) is 0 Å². The minimum atomic E-state index is -0.998. The summed E-state index contributed by atoms with van der Waals surface area (Å²) >= 11 is 0. The predicted molar refractivity (Wildman–Crippen MR) is 53.0 cm³/mol. The zero-order valence-electron chi connectivity index (χ0n) is 8.33. The van der Waals surface area contributed by atoms with E-state index in [1.807, 2.05) is 0 Å². The second-order valence-electron chi connectivity index (χ2n) is 3.15. The van der Waals surface area contributed by atoms with E-state index in [0.29, 0.717) is 5.39 Å². The lowest BCUT2D eigenvalue weighted by atomic mass is 10.2. The number of halogens is 2. The van der Waals surface area contributed by atoms with E-state index in [2.05, 4.69) is 9.72 Å². The average molecular weight is 223 g/mol. The molecular weight excluding hydrogens is 216 g/mol. The summed E-state index contributed by atoms with van der Waals surface area (Å²) in [5, 5.41) is 0.423. The van der Waals surface area contributed by atoms with Crippen LogP contribution in [-0.2, 0) is 4.74 Å². The normalized spacial score (nSPS) is 10.4. The predicted octanol–water partition coefficient (Wildman–Crippen LogP) is 2.30. The number of pyridine rings is 1. The molecular formula is C11H7F2NO2. The first-order chi connectivity index (χ1) is 7.61. The SMILES string of the molecule is COC(=O)c1ccc2cc(F)c(F)cc2n1. The first kappa shape index (κ1) is 10.5. The molecule has 0 atom stereocenters. The largest absolute Gasteiger partial charge is 0.464 e. The second kappa shape index (κ2) is 3.84. The van der Waals surface area contributed by atoms with E-state index in [4.69, 9.17) is 0 Å². The number of carbonyl (C=O) groups excluding carboxylic acids is 1. The quantitative estimate of drug-likeness (QED) is 0.696. The smallest absolute Gasteiger partial charge is 0.356 e. The van der Waals surface area contributed by atoms with Crippen molar-refractivity contribution in [2.45, 2.75) is 0 Å². The topological polar surface area (TPSA) is 39.2 Å². The van der Waals surface area contributed by atoms with Crippen molar-refractivity contribution in [1.29, 1.82) is 0 Å². The number of benzene rings is 1. The van der Waals surface area contributed by atoms with Crippen LogP contribution in [0, 0.1) is 11.6 Å². The number of esters is 1. The van der Waals surface area contributed by atoms with E-state index in [-0.39, 0.29) is 11.2 Å². The van der Waals surface area contributed by atoms with Gasteiger partial charge in [0, 0.05) is 11.5 Å². The van der Waals surface area contributed by atoms with Gasteiger partial charge < -0.3 is 4.74 Å². The summed E-state index contributed by atoms with van der Waals surface area (Å²) in [6, 6.07) is 4.85. The third-order valence-electron chi connectivity index (χ3n) is 2.13. The number of methoxy groups -OCH3 is 1. The Balaban J connectivity index is 2.62. The molecule has 0 aliphatic carbocycles. The summed E-state index contributed by atoms with van der Waals surface area (Å²) in [6.07, 6.45) is 0. The number of fused-ring (bicyclic) bond motifs is 1. The molecule has 1 heterocycles.